The number of amides is 2. The first-order chi connectivity index (χ1) is 17.8. The van der Waals surface area contributed by atoms with Gasteiger partial charge in [-0.3, -0.25) is 9.59 Å². The summed E-state index contributed by atoms with van der Waals surface area (Å²) in [5.74, 6) is 0.674. The molecule has 3 aliphatic rings. The Bertz CT molecular complexity index is 1160. The topological polar surface area (TPSA) is 101 Å². The summed E-state index contributed by atoms with van der Waals surface area (Å²) in [6, 6.07) is 4.89. The first-order valence-corrected chi connectivity index (χ1v) is 13.0. The van der Waals surface area contributed by atoms with Crippen LogP contribution in [0.2, 0.25) is 0 Å². The van der Waals surface area contributed by atoms with Crippen LogP contribution in [0.5, 0.6) is 11.5 Å². The van der Waals surface area contributed by atoms with E-state index < -0.39 is 12.0 Å². The van der Waals surface area contributed by atoms with Crippen molar-refractivity contribution in [1.29, 1.82) is 0 Å². The number of piperazine rings is 1. The van der Waals surface area contributed by atoms with Gasteiger partial charge < -0.3 is 28.9 Å². The Labute approximate surface area is 220 Å². The molecule has 0 radical (unpaired) electrons. The summed E-state index contributed by atoms with van der Waals surface area (Å²) < 4.78 is 16.4. The number of rotatable bonds is 7. The lowest BCUT2D eigenvalue weighted by molar-refractivity contribution is -0.139. The largest absolute Gasteiger partial charge is 0.497 e. The number of methoxy groups -OCH3 is 2. The molecule has 0 N–H and O–H groups in total. The van der Waals surface area contributed by atoms with E-state index in [0.717, 1.165) is 11.3 Å². The molecule has 4 rings (SSSR count). The number of hydrogen-bond acceptors (Lipinski definition) is 9. The van der Waals surface area contributed by atoms with Crippen LogP contribution >= 0.6 is 11.8 Å². The standard InChI is InChI=1S/C26H32N4O6S/c1-6-36-25(33)23-16(2)27-26-30(24(23)18-11-20(34-4)14-21(12-18)35-5)19(15-37-26)13-22(32)29-9-7-28(8-10-29)17(3)31/h11-12,14-15,24H,6-10,13H2,1-5H3/t24-/m1/s1. The molecule has 198 valence electrons. The second-order valence-corrected chi connectivity index (χ2v) is 9.66. The van der Waals surface area contributed by atoms with Gasteiger partial charge in [0.05, 0.1) is 44.6 Å². The van der Waals surface area contributed by atoms with Gasteiger partial charge in [-0.1, -0.05) is 11.8 Å². The van der Waals surface area contributed by atoms with Crippen LogP contribution in [0.3, 0.4) is 0 Å². The molecule has 2 amide bonds. The Morgan fingerprint density at radius 1 is 1.03 bits per heavy atom. The minimum atomic E-state index is -0.584. The van der Waals surface area contributed by atoms with Gasteiger partial charge in [-0.05, 0) is 37.0 Å². The summed E-state index contributed by atoms with van der Waals surface area (Å²) in [7, 11) is 3.14. The number of carbonyl (C=O) groups is 3. The summed E-state index contributed by atoms with van der Waals surface area (Å²) in [5.41, 5.74) is 2.45. The number of benzene rings is 1. The predicted octanol–water partition coefficient (Wildman–Crippen LogP) is 2.92. The van der Waals surface area contributed by atoms with E-state index in [4.69, 9.17) is 14.2 Å². The number of fused-ring (bicyclic) bond motifs is 1. The van der Waals surface area contributed by atoms with Crippen LogP contribution in [0, 0.1) is 0 Å². The molecule has 37 heavy (non-hydrogen) atoms. The lowest BCUT2D eigenvalue weighted by atomic mass is 9.93. The molecule has 3 heterocycles. The van der Waals surface area contributed by atoms with Crippen LogP contribution < -0.4 is 9.47 Å². The predicted molar refractivity (Wildman–Crippen MR) is 140 cm³/mol. The molecular formula is C26H32N4O6S. The summed E-state index contributed by atoms with van der Waals surface area (Å²) in [5, 5.41) is 2.59. The molecule has 1 saturated heterocycles. The van der Waals surface area contributed by atoms with Crippen molar-refractivity contribution >= 4 is 34.7 Å². The number of carbonyl (C=O) groups excluding carboxylic acids is 3. The van der Waals surface area contributed by atoms with Crippen molar-refractivity contribution < 1.29 is 28.6 Å². The molecule has 0 bridgehead atoms. The van der Waals surface area contributed by atoms with E-state index >= 15 is 0 Å². The summed E-state index contributed by atoms with van der Waals surface area (Å²) in [6.45, 7) is 7.34. The highest BCUT2D eigenvalue weighted by Crippen LogP contribution is 2.46. The molecule has 0 saturated carbocycles. The Kier molecular flexibility index (Phi) is 8.11. The monoisotopic (exact) mass is 528 g/mol. The Morgan fingerprint density at radius 2 is 1.65 bits per heavy atom. The molecule has 1 atom stereocenters. The first-order valence-electron chi connectivity index (χ1n) is 12.1. The van der Waals surface area contributed by atoms with Crippen molar-refractivity contribution in [2.24, 2.45) is 4.99 Å². The van der Waals surface area contributed by atoms with Gasteiger partial charge in [0.25, 0.3) is 0 Å². The number of nitrogens with zero attached hydrogens (tertiary/aromatic N) is 4. The normalized spacial score (nSPS) is 19.3. The molecule has 10 nitrogen and oxygen atoms in total. The van der Waals surface area contributed by atoms with Crippen molar-refractivity contribution in [3.63, 3.8) is 0 Å². The second-order valence-electron chi connectivity index (χ2n) is 8.82. The maximum absolute atomic E-state index is 13.3. The average molecular weight is 529 g/mol. The van der Waals surface area contributed by atoms with Gasteiger partial charge >= 0.3 is 5.97 Å². The molecule has 1 aromatic rings. The van der Waals surface area contributed by atoms with Crippen LogP contribution in [-0.2, 0) is 19.1 Å². The molecular weight excluding hydrogens is 496 g/mol. The van der Waals surface area contributed by atoms with Crippen molar-refractivity contribution in [1.82, 2.24) is 14.7 Å². The number of allylic oxidation sites excluding steroid dienone is 1. The fraction of sp³-hybridized carbons (Fsp3) is 0.462. The maximum atomic E-state index is 13.3. The SMILES string of the molecule is CCOC(=O)C1=C(C)N=C2SC=C(CC(=O)N3CCN(C(C)=O)CC3)N2[C@@H]1c1cc(OC)cc(OC)c1. The van der Waals surface area contributed by atoms with Crippen molar-refractivity contribution in [2.75, 3.05) is 47.0 Å². The molecule has 0 spiro atoms. The highest BCUT2D eigenvalue weighted by molar-refractivity contribution is 8.16. The highest BCUT2D eigenvalue weighted by Gasteiger charge is 2.42. The van der Waals surface area contributed by atoms with Crippen LogP contribution in [-0.4, -0.2) is 84.7 Å². The third-order valence-corrected chi connectivity index (χ3v) is 7.48. The van der Waals surface area contributed by atoms with Gasteiger partial charge in [0, 0.05) is 44.9 Å². The second kappa shape index (κ2) is 11.3. The fourth-order valence-corrected chi connectivity index (χ4v) is 5.64. The zero-order chi connectivity index (χ0) is 26.7. The molecule has 3 aliphatic heterocycles. The maximum Gasteiger partial charge on any atom is 0.338 e. The summed E-state index contributed by atoms with van der Waals surface area (Å²) in [4.78, 5) is 48.3. The Hall–Kier alpha value is -3.47. The van der Waals surface area contributed by atoms with Crippen molar-refractivity contribution in [2.45, 2.75) is 33.2 Å². The lowest BCUT2D eigenvalue weighted by Gasteiger charge is -2.38. The van der Waals surface area contributed by atoms with Gasteiger partial charge in [-0.2, -0.15) is 0 Å². The van der Waals surface area contributed by atoms with E-state index in [1.54, 1.807) is 50.9 Å². The zero-order valence-electron chi connectivity index (χ0n) is 21.8. The summed E-state index contributed by atoms with van der Waals surface area (Å²) >= 11 is 1.42. The van der Waals surface area contributed by atoms with Gasteiger partial charge in [-0.15, -0.1) is 0 Å². The highest BCUT2D eigenvalue weighted by atomic mass is 32.2. The van der Waals surface area contributed by atoms with Crippen molar-refractivity contribution in [3.8, 4) is 11.5 Å². The Balaban J connectivity index is 1.67. The molecule has 0 unspecified atom stereocenters. The first kappa shape index (κ1) is 26.6. The number of esters is 1. The van der Waals surface area contributed by atoms with Gasteiger partial charge in [0.15, 0.2) is 5.17 Å². The van der Waals surface area contributed by atoms with Crippen LogP contribution in [0.1, 0.15) is 38.8 Å². The van der Waals surface area contributed by atoms with E-state index in [1.165, 1.54) is 11.8 Å². The van der Waals surface area contributed by atoms with Gasteiger partial charge in [0.2, 0.25) is 11.8 Å². The minimum Gasteiger partial charge on any atom is -0.497 e. The number of hydrogen-bond donors (Lipinski definition) is 0. The van der Waals surface area contributed by atoms with Gasteiger partial charge in [-0.25, -0.2) is 9.79 Å². The van der Waals surface area contributed by atoms with Crippen molar-refractivity contribution in [3.05, 3.63) is 46.1 Å². The van der Waals surface area contributed by atoms with E-state index in [9.17, 15) is 14.4 Å². The molecule has 11 heteroatoms. The van der Waals surface area contributed by atoms with Crippen LogP contribution in [0.25, 0.3) is 0 Å². The lowest BCUT2D eigenvalue weighted by Crippen LogP contribution is -2.50. The van der Waals surface area contributed by atoms with E-state index in [2.05, 4.69) is 4.99 Å². The molecule has 0 aliphatic carbocycles. The fourth-order valence-electron chi connectivity index (χ4n) is 4.68. The van der Waals surface area contributed by atoms with E-state index in [-0.39, 0.29) is 24.8 Å². The number of aliphatic imine (C=N–C) groups is 1. The third kappa shape index (κ3) is 5.46. The molecule has 1 aromatic carbocycles. The van der Waals surface area contributed by atoms with Gasteiger partial charge in [0.1, 0.15) is 11.5 Å². The number of ether oxygens (including phenoxy) is 3. The molecule has 1 fully saturated rings. The Morgan fingerprint density at radius 3 is 2.22 bits per heavy atom. The quantitative estimate of drug-likeness (QED) is 0.498. The zero-order valence-corrected chi connectivity index (χ0v) is 22.6. The third-order valence-electron chi connectivity index (χ3n) is 6.60. The van der Waals surface area contributed by atoms with E-state index in [1.807, 2.05) is 22.4 Å². The number of thioether (sulfide) groups is 1. The average Bonchev–Trinajstić information content (AvgIpc) is 3.29. The smallest absolute Gasteiger partial charge is 0.338 e. The number of amidine groups is 1. The van der Waals surface area contributed by atoms with Crippen LogP contribution in [0.4, 0.5) is 0 Å². The molecule has 0 aromatic heterocycles. The minimum absolute atomic E-state index is 0.0152. The van der Waals surface area contributed by atoms with Crippen LogP contribution in [0.15, 0.2) is 45.6 Å². The van der Waals surface area contributed by atoms with E-state index in [0.29, 0.717) is 54.1 Å². The summed E-state index contributed by atoms with van der Waals surface area (Å²) in [6.07, 6.45) is 0.138.